The van der Waals surface area contributed by atoms with Crippen molar-refractivity contribution in [3.8, 4) is 5.75 Å². The van der Waals surface area contributed by atoms with E-state index in [0.29, 0.717) is 27.9 Å². The van der Waals surface area contributed by atoms with Crippen LogP contribution in [0, 0.1) is 5.92 Å². The molecule has 0 radical (unpaired) electrons. The molecule has 2 amide bonds. The summed E-state index contributed by atoms with van der Waals surface area (Å²) in [7, 11) is 1.58. The van der Waals surface area contributed by atoms with Crippen molar-refractivity contribution in [2.45, 2.75) is 39.5 Å². The molecule has 0 spiro atoms. The van der Waals surface area contributed by atoms with Crippen molar-refractivity contribution in [3.63, 3.8) is 0 Å². The summed E-state index contributed by atoms with van der Waals surface area (Å²) in [4.78, 5) is 26.8. The molecule has 0 aliphatic heterocycles. The summed E-state index contributed by atoms with van der Waals surface area (Å²) in [6, 6.07) is 7.33. The lowest BCUT2D eigenvalue weighted by Gasteiger charge is -2.14. The maximum atomic E-state index is 13.2. The minimum atomic E-state index is -0.209. The van der Waals surface area contributed by atoms with Crippen molar-refractivity contribution in [1.29, 1.82) is 0 Å². The lowest BCUT2D eigenvalue weighted by molar-refractivity contribution is -0.115. The van der Waals surface area contributed by atoms with Gasteiger partial charge in [0.1, 0.15) is 10.8 Å². The van der Waals surface area contributed by atoms with Crippen LogP contribution in [0.2, 0.25) is 0 Å². The highest BCUT2D eigenvalue weighted by Crippen LogP contribution is 2.39. The van der Waals surface area contributed by atoms with Crippen molar-refractivity contribution in [1.82, 2.24) is 5.32 Å². The van der Waals surface area contributed by atoms with Gasteiger partial charge in [-0.2, -0.15) is 0 Å². The SMILES string of the molecule is COc1ccccc1NC(=O)c1c(NC(=O)CNCC(C)C)sc2c1CCCC2. The number of ether oxygens (including phenoxy) is 1. The van der Waals surface area contributed by atoms with Gasteiger partial charge in [-0.25, -0.2) is 0 Å². The van der Waals surface area contributed by atoms with Crippen molar-refractivity contribution >= 4 is 33.8 Å². The van der Waals surface area contributed by atoms with Crippen LogP contribution in [0.4, 0.5) is 10.7 Å². The van der Waals surface area contributed by atoms with E-state index in [4.69, 9.17) is 4.74 Å². The number of nitrogens with one attached hydrogen (secondary N) is 3. The number of hydrogen-bond donors (Lipinski definition) is 3. The van der Waals surface area contributed by atoms with Gasteiger partial charge in [0.25, 0.3) is 5.91 Å². The lowest BCUT2D eigenvalue weighted by atomic mass is 9.95. The van der Waals surface area contributed by atoms with Gasteiger partial charge in [0.2, 0.25) is 5.91 Å². The van der Waals surface area contributed by atoms with Crippen molar-refractivity contribution in [2.24, 2.45) is 5.92 Å². The van der Waals surface area contributed by atoms with Gasteiger partial charge < -0.3 is 20.7 Å². The number of fused-ring (bicyclic) bond motifs is 1. The van der Waals surface area contributed by atoms with Gasteiger partial charge in [-0.05, 0) is 55.8 Å². The van der Waals surface area contributed by atoms with Gasteiger partial charge in [0, 0.05) is 4.88 Å². The van der Waals surface area contributed by atoms with Crippen LogP contribution >= 0.6 is 11.3 Å². The number of aryl methyl sites for hydroxylation is 1. The van der Waals surface area contributed by atoms with Crippen molar-refractivity contribution in [3.05, 3.63) is 40.3 Å². The Bertz CT molecular complexity index is 876. The van der Waals surface area contributed by atoms with Gasteiger partial charge >= 0.3 is 0 Å². The Balaban J connectivity index is 1.81. The molecule has 2 aromatic rings. The van der Waals surface area contributed by atoms with Gasteiger partial charge in [0.05, 0.1) is 24.9 Å². The van der Waals surface area contributed by atoms with E-state index < -0.39 is 0 Å². The molecule has 7 heteroatoms. The fourth-order valence-electron chi connectivity index (χ4n) is 3.47. The van der Waals surface area contributed by atoms with E-state index in [0.717, 1.165) is 37.8 Å². The van der Waals surface area contributed by atoms with Gasteiger partial charge in [-0.15, -0.1) is 11.3 Å². The normalized spacial score (nSPS) is 13.1. The third kappa shape index (κ3) is 5.36. The summed E-state index contributed by atoms with van der Waals surface area (Å²) in [5.41, 5.74) is 2.28. The van der Waals surface area contributed by atoms with Crippen LogP contribution in [0.1, 0.15) is 47.5 Å². The van der Waals surface area contributed by atoms with Gasteiger partial charge in [-0.1, -0.05) is 26.0 Å². The van der Waals surface area contributed by atoms with E-state index in [-0.39, 0.29) is 18.4 Å². The second-order valence-electron chi connectivity index (χ2n) is 7.64. The smallest absolute Gasteiger partial charge is 0.259 e. The van der Waals surface area contributed by atoms with Crippen LogP contribution in [0.3, 0.4) is 0 Å². The summed E-state index contributed by atoms with van der Waals surface area (Å²) in [5, 5.41) is 9.71. The quantitative estimate of drug-likeness (QED) is 0.607. The number of methoxy groups -OCH3 is 1. The maximum absolute atomic E-state index is 13.2. The highest BCUT2D eigenvalue weighted by molar-refractivity contribution is 7.17. The molecule has 1 aliphatic carbocycles. The van der Waals surface area contributed by atoms with Crippen LogP contribution in [0.15, 0.2) is 24.3 Å². The fraction of sp³-hybridized carbons (Fsp3) is 0.455. The Morgan fingerprint density at radius 2 is 1.90 bits per heavy atom. The van der Waals surface area contributed by atoms with Gasteiger partial charge in [0.15, 0.2) is 0 Å². The molecule has 6 nitrogen and oxygen atoms in total. The van der Waals surface area contributed by atoms with E-state index in [9.17, 15) is 9.59 Å². The number of carbonyl (C=O) groups is 2. The molecule has 1 aliphatic rings. The lowest BCUT2D eigenvalue weighted by Crippen LogP contribution is -2.30. The molecule has 3 rings (SSSR count). The summed E-state index contributed by atoms with van der Waals surface area (Å²) < 4.78 is 5.34. The summed E-state index contributed by atoms with van der Waals surface area (Å²) in [6.07, 6.45) is 3.99. The predicted molar refractivity (Wildman–Crippen MR) is 118 cm³/mol. The molecule has 1 aromatic carbocycles. The van der Waals surface area contributed by atoms with E-state index in [1.807, 2.05) is 24.3 Å². The topological polar surface area (TPSA) is 79.5 Å². The molecular weight excluding hydrogens is 386 g/mol. The Kier molecular flexibility index (Phi) is 7.28. The minimum Gasteiger partial charge on any atom is -0.495 e. The standard InChI is InChI=1S/C22H29N3O3S/c1-14(2)12-23-13-19(26)25-22-20(15-8-4-7-11-18(15)29-22)21(27)24-16-9-5-6-10-17(16)28-3/h5-6,9-10,14,23H,4,7-8,11-13H2,1-3H3,(H,24,27)(H,25,26). The zero-order valence-corrected chi connectivity index (χ0v) is 18.1. The number of rotatable bonds is 8. The third-order valence-corrected chi connectivity index (χ3v) is 6.05. The first-order chi connectivity index (χ1) is 14.0. The van der Waals surface area contributed by atoms with Crippen LogP contribution < -0.4 is 20.7 Å². The Morgan fingerprint density at radius 1 is 1.14 bits per heavy atom. The van der Waals surface area contributed by atoms with Crippen LogP contribution in [0.5, 0.6) is 5.75 Å². The average Bonchev–Trinajstić information content (AvgIpc) is 3.05. The van der Waals surface area contributed by atoms with Crippen LogP contribution in [0.25, 0.3) is 0 Å². The molecule has 0 saturated carbocycles. The molecule has 0 atom stereocenters. The van der Waals surface area contributed by atoms with Crippen LogP contribution in [-0.2, 0) is 17.6 Å². The molecule has 3 N–H and O–H groups in total. The zero-order chi connectivity index (χ0) is 20.8. The van der Waals surface area contributed by atoms with Crippen LogP contribution in [-0.4, -0.2) is 32.0 Å². The molecule has 0 fully saturated rings. The minimum absolute atomic E-state index is 0.129. The number of para-hydroxylation sites is 2. The molecule has 1 aromatic heterocycles. The van der Waals surface area contributed by atoms with Gasteiger partial charge in [-0.3, -0.25) is 9.59 Å². The first-order valence-electron chi connectivity index (χ1n) is 10.1. The molecular formula is C22H29N3O3S. The Labute approximate surface area is 176 Å². The number of anilines is 2. The molecule has 0 unspecified atom stereocenters. The maximum Gasteiger partial charge on any atom is 0.259 e. The second kappa shape index (κ2) is 9.89. The van der Waals surface area contributed by atoms with E-state index in [1.54, 1.807) is 7.11 Å². The van der Waals surface area contributed by atoms with E-state index in [2.05, 4.69) is 29.8 Å². The number of hydrogen-bond acceptors (Lipinski definition) is 5. The first-order valence-corrected chi connectivity index (χ1v) is 10.9. The second-order valence-corrected chi connectivity index (χ2v) is 8.75. The summed E-state index contributed by atoms with van der Waals surface area (Å²) in [6.45, 7) is 5.20. The Morgan fingerprint density at radius 3 is 2.66 bits per heavy atom. The number of thiophene rings is 1. The number of carbonyl (C=O) groups excluding carboxylic acids is 2. The van der Waals surface area contributed by atoms with E-state index >= 15 is 0 Å². The molecule has 1 heterocycles. The highest BCUT2D eigenvalue weighted by Gasteiger charge is 2.26. The van der Waals surface area contributed by atoms with Crippen molar-refractivity contribution in [2.75, 3.05) is 30.8 Å². The van der Waals surface area contributed by atoms with Crippen molar-refractivity contribution < 1.29 is 14.3 Å². The summed E-state index contributed by atoms with van der Waals surface area (Å²) in [5.74, 6) is 0.738. The molecule has 0 bridgehead atoms. The van der Waals surface area contributed by atoms with E-state index in [1.165, 1.54) is 16.2 Å². The third-order valence-electron chi connectivity index (χ3n) is 4.84. The fourth-order valence-corrected chi connectivity index (χ4v) is 4.78. The first kappa shape index (κ1) is 21.3. The Hall–Kier alpha value is -2.38. The molecule has 29 heavy (non-hydrogen) atoms. The number of benzene rings is 1. The summed E-state index contributed by atoms with van der Waals surface area (Å²) >= 11 is 1.53. The monoisotopic (exact) mass is 415 g/mol. The highest BCUT2D eigenvalue weighted by atomic mass is 32.1. The largest absolute Gasteiger partial charge is 0.495 e. The average molecular weight is 416 g/mol. The zero-order valence-electron chi connectivity index (χ0n) is 17.3. The molecule has 0 saturated heterocycles. The predicted octanol–water partition coefficient (Wildman–Crippen LogP) is 4.07. The molecule has 156 valence electrons. The number of amides is 2.